The van der Waals surface area contributed by atoms with E-state index in [-0.39, 0.29) is 18.3 Å². The van der Waals surface area contributed by atoms with E-state index < -0.39 is 6.36 Å². The Kier molecular flexibility index (Phi) is 5.90. The van der Waals surface area contributed by atoms with E-state index in [2.05, 4.69) is 10.8 Å². The lowest BCUT2D eigenvalue weighted by Crippen LogP contribution is -2.16. The van der Waals surface area contributed by atoms with Crippen LogP contribution in [0.25, 0.3) is 22.0 Å². The van der Waals surface area contributed by atoms with E-state index in [9.17, 15) is 18.0 Å². The molecular weight excluding hydrogens is 419 g/mol. The third-order valence-electron chi connectivity index (χ3n) is 4.91. The van der Waals surface area contributed by atoms with Gasteiger partial charge in [0.25, 0.3) is 0 Å². The van der Waals surface area contributed by atoms with Crippen molar-refractivity contribution in [2.24, 2.45) is 0 Å². The van der Waals surface area contributed by atoms with Crippen molar-refractivity contribution < 1.29 is 27.4 Å². The highest BCUT2D eigenvalue weighted by Crippen LogP contribution is 2.30. The predicted molar refractivity (Wildman–Crippen MR) is 114 cm³/mol. The summed E-state index contributed by atoms with van der Waals surface area (Å²) >= 11 is 0. The van der Waals surface area contributed by atoms with Crippen molar-refractivity contribution in [3.63, 3.8) is 0 Å². The van der Waals surface area contributed by atoms with Crippen LogP contribution in [-0.4, -0.2) is 16.9 Å². The van der Waals surface area contributed by atoms with Crippen LogP contribution in [0.2, 0.25) is 0 Å². The van der Waals surface area contributed by atoms with E-state index in [0.29, 0.717) is 6.54 Å². The summed E-state index contributed by atoms with van der Waals surface area (Å²) in [4.78, 5) is 11.3. The van der Waals surface area contributed by atoms with E-state index in [4.69, 9.17) is 4.74 Å². The third kappa shape index (κ3) is 5.11. The number of carbonyl (C=O) groups is 1. The van der Waals surface area contributed by atoms with Crippen molar-refractivity contribution >= 4 is 16.9 Å². The zero-order valence-corrected chi connectivity index (χ0v) is 17.1. The van der Waals surface area contributed by atoms with E-state index >= 15 is 0 Å². The lowest BCUT2D eigenvalue weighted by molar-refractivity contribution is -0.274. The largest absolute Gasteiger partial charge is 0.573 e. The zero-order chi connectivity index (χ0) is 22.7. The van der Waals surface area contributed by atoms with Gasteiger partial charge >= 0.3 is 12.3 Å². The van der Waals surface area contributed by atoms with Gasteiger partial charge in [-0.25, -0.2) is 0 Å². The first-order valence-electron chi connectivity index (χ1n) is 9.86. The standard InChI is InChI=1S/C25H19F3NO3/c1-17(30)31-16-22-14-21-13-20(19-7-10-23(11-8-19)32-25(26,27)28)9-12-24(21)29(22)15-18-5-3-2-4-6-18/h2-13H,15-16H2,1H3. The molecule has 1 aromatic heterocycles. The summed E-state index contributed by atoms with van der Waals surface area (Å²) in [6.07, 6.45) is -4.73. The molecule has 0 bridgehead atoms. The minimum absolute atomic E-state index is 0.0929. The summed E-state index contributed by atoms with van der Waals surface area (Å²) in [7, 11) is 0. The lowest BCUT2D eigenvalue weighted by Gasteiger charge is -2.12. The summed E-state index contributed by atoms with van der Waals surface area (Å²) in [6, 6.07) is 24.6. The molecule has 0 fully saturated rings. The maximum absolute atomic E-state index is 12.4. The normalized spacial score (nSPS) is 11.5. The number of halogens is 3. The Labute approximate surface area is 182 Å². The zero-order valence-electron chi connectivity index (χ0n) is 17.1. The maximum atomic E-state index is 12.4. The van der Waals surface area contributed by atoms with Crippen molar-refractivity contribution in [3.05, 3.63) is 90.1 Å². The molecule has 7 heteroatoms. The molecule has 0 aliphatic carbocycles. The Morgan fingerprint density at radius 2 is 1.66 bits per heavy atom. The van der Waals surface area contributed by atoms with Gasteiger partial charge in [-0.15, -0.1) is 13.2 Å². The first-order chi connectivity index (χ1) is 15.3. The van der Waals surface area contributed by atoms with Crippen LogP contribution in [-0.2, 0) is 22.7 Å². The molecule has 4 nitrogen and oxygen atoms in total. The second-order valence-electron chi connectivity index (χ2n) is 7.23. The van der Waals surface area contributed by atoms with Gasteiger partial charge in [-0.05, 0) is 41.0 Å². The third-order valence-corrected chi connectivity index (χ3v) is 4.91. The number of aromatic nitrogens is 1. The van der Waals surface area contributed by atoms with Gasteiger partial charge in [0, 0.05) is 30.4 Å². The van der Waals surface area contributed by atoms with Crippen LogP contribution in [0.1, 0.15) is 18.2 Å². The van der Waals surface area contributed by atoms with E-state index in [1.54, 1.807) is 12.1 Å². The van der Waals surface area contributed by atoms with Gasteiger partial charge in [-0.1, -0.05) is 48.5 Å². The number of carbonyl (C=O) groups excluding carboxylic acids is 1. The Morgan fingerprint density at radius 3 is 2.31 bits per heavy atom. The fourth-order valence-corrected chi connectivity index (χ4v) is 3.50. The Bertz CT molecular complexity index is 1230. The number of benzene rings is 3. The fourth-order valence-electron chi connectivity index (χ4n) is 3.50. The van der Waals surface area contributed by atoms with Gasteiger partial charge in [-0.2, -0.15) is 0 Å². The molecule has 0 spiro atoms. The Hall–Kier alpha value is -3.74. The molecule has 0 unspecified atom stereocenters. The smallest absolute Gasteiger partial charge is 0.459 e. The number of hydrogen-bond acceptors (Lipinski definition) is 3. The topological polar surface area (TPSA) is 40.5 Å². The predicted octanol–water partition coefficient (Wildman–Crippen LogP) is 6.12. The molecule has 0 aliphatic heterocycles. The second-order valence-corrected chi connectivity index (χ2v) is 7.23. The van der Waals surface area contributed by atoms with Crippen molar-refractivity contribution in [2.75, 3.05) is 0 Å². The van der Waals surface area contributed by atoms with Crippen LogP contribution in [0.5, 0.6) is 5.75 Å². The minimum atomic E-state index is -4.73. The van der Waals surface area contributed by atoms with Gasteiger partial charge in [0.15, 0.2) is 0 Å². The fraction of sp³-hybridized carbons (Fsp3) is 0.160. The van der Waals surface area contributed by atoms with Crippen molar-refractivity contribution in [1.82, 2.24) is 4.57 Å². The van der Waals surface area contributed by atoms with Crippen LogP contribution in [0, 0.1) is 6.07 Å². The Morgan fingerprint density at radius 1 is 0.969 bits per heavy atom. The van der Waals surface area contributed by atoms with Crippen molar-refractivity contribution in [2.45, 2.75) is 26.4 Å². The number of rotatable bonds is 6. The molecule has 3 aromatic carbocycles. The molecule has 0 aliphatic rings. The molecule has 0 amide bonds. The van der Waals surface area contributed by atoms with E-state index in [0.717, 1.165) is 33.3 Å². The van der Waals surface area contributed by atoms with Crippen LogP contribution < -0.4 is 4.74 Å². The second kappa shape index (κ2) is 8.78. The molecule has 0 N–H and O–H groups in total. The average molecular weight is 438 g/mol. The number of nitrogens with zero attached hydrogens (tertiary/aromatic N) is 1. The molecular formula is C25H19F3NO3. The van der Waals surface area contributed by atoms with Crippen molar-refractivity contribution in [1.29, 1.82) is 0 Å². The van der Waals surface area contributed by atoms with Crippen molar-refractivity contribution in [3.8, 4) is 16.9 Å². The monoisotopic (exact) mass is 438 g/mol. The van der Waals surface area contributed by atoms with E-state index in [1.807, 2.05) is 53.1 Å². The number of ether oxygens (including phenoxy) is 2. The van der Waals surface area contributed by atoms with Gasteiger partial charge < -0.3 is 14.0 Å². The summed E-state index contributed by atoms with van der Waals surface area (Å²) in [6.45, 7) is 2.03. The highest BCUT2D eigenvalue weighted by Gasteiger charge is 2.31. The van der Waals surface area contributed by atoms with E-state index in [1.165, 1.54) is 19.1 Å². The van der Waals surface area contributed by atoms with Gasteiger partial charge in [0.05, 0.1) is 5.69 Å². The molecule has 0 saturated carbocycles. The van der Waals surface area contributed by atoms with Crippen LogP contribution in [0.4, 0.5) is 13.2 Å². The number of alkyl halides is 3. The lowest BCUT2D eigenvalue weighted by atomic mass is 10.0. The first-order valence-corrected chi connectivity index (χ1v) is 9.86. The SMILES string of the molecule is CC(=O)OCc1[c]c2cc(-c3ccc(OC(F)(F)F)cc3)ccc2n1Cc1ccccc1. The maximum Gasteiger partial charge on any atom is 0.573 e. The first kappa shape index (κ1) is 21.5. The van der Waals surface area contributed by atoms with Crippen LogP contribution in [0.15, 0.2) is 72.8 Å². The van der Waals surface area contributed by atoms with Gasteiger partial charge in [-0.3, -0.25) is 4.79 Å². The molecule has 1 heterocycles. The van der Waals surface area contributed by atoms with Gasteiger partial charge in [0.2, 0.25) is 0 Å². The molecule has 0 saturated heterocycles. The molecule has 4 rings (SSSR count). The number of hydrogen-bond donors (Lipinski definition) is 0. The van der Waals surface area contributed by atoms with Gasteiger partial charge in [0.1, 0.15) is 12.4 Å². The summed E-state index contributed by atoms with van der Waals surface area (Å²) in [5, 5.41) is 0.816. The Balaban J connectivity index is 1.68. The highest BCUT2D eigenvalue weighted by molar-refractivity contribution is 5.86. The van der Waals surface area contributed by atoms with Crippen LogP contribution in [0.3, 0.4) is 0 Å². The average Bonchev–Trinajstić information content (AvgIpc) is 3.09. The number of esters is 1. The molecule has 0 atom stereocenters. The quantitative estimate of drug-likeness (QED) is 0.341. The molecule has 4 aromatic rings. The highest BCUT2D eigenvalue weighted by atomic mass is 19.4. The summed E-state index contributed by atoms with van der Waals surface area (Å²) < 4.78 is 48.3. The summed E-state index contributed by atoms with van der Waals surface area (Å²) in [5.74, 6) is -0.650. The molecule has 163 valence electrons. The summed E-state index contributed by atoms with van der Waals surface area (Å²) in [5.41, 5.74) is 4.30. The van der Waals surface area contributed by atoms with Crippen LogP contribution >= 0.6 is 0 Å². The molecule has 1 radical (unpaired) electrons. The molecule has 32 heavy (non-hydrogen) atoms. The number of fused-ring (bicyclic) bond motifs is 1. The minimum Gasteiger partial charge on any atom is -0.459 e.